The maximum absolute atomic E-state index is 11.7. The number of benzene rings is 1. The number of hydrogen-bond donors (Lipinski definition) is 1. The number of amides is 1. The molecule has 104 valence electrons. The van der Waals surface area contributed by atoms with E-state index in [9.17, 15) is 9.59 Å². The molecule has 0 radical (unpaired) electrons. The van der Waals surface area contributed by atoms with Gasteiger partial charge in [-0.25, -0.2) is 4.79 Å². The Morgan fingerprint density at radius 2 is 2.05 bits per heavy atom. The molecule has 0 aliphatic rings. The number of ether oxygens (including phenoxy) is 1. The molecular formula is C13H11IN2O4. The first kappa shape index (κ1) is 14.5. The number of anilines is 1. The van der Waals surface area contributed by atoms with Gasteiger partial charge in [0.1, 0.15) is 0 Å². The molecule has 6 nitrogen and oxygen atoms in total. The fourth-order valence-electron chi connectivity index (χ4n) is 1.40. The fourth-order valence-corrected chi connectivity index (χ4v) is 1.76. The van der Waals surface area contributed by atoms with E-state index in [0.717, 1.165) is 3.57 Å². The van der Waals surface area contributed by atoms with Gasteiger partial charge in [-0.05, 0) is 53.8 Å². The van der Waals surface area contributed by atoms with E-state index >= 15 is 0 Å². The minimum atomic E-state index is -0.551. The molecule has 0 unspecified atom stereocenters. The van der Waals surface area contributed by atoms with E-state index in [-0.39, 0.29) is 12.5 Å². The standard InChI is InChI=1S/C13H11IN2O4/c1-8-6-12(20-16-8)15-11(17)7-19-13(18)9-2-4-10(14)5-3-9/h2-6H,7H2,1H3,(H,15,17). The monoisotopic (exact) mass is 386 g/mol. The summed E-state index contributed by atoms with van der Waals surface area (Å²) in [5.41, 5.74) is 1.05. The summed E-state index contributed by atoms with van der Waals surface area (Å²) in [6.45, 7) is 1.35. The number of esters is 1. The number of hydrogen-bond acceptors (Lipinski definition) is 5. The summed E-state index contributed by atoms with van der Waals surface area (Å²) in [6.07, 6.45) is 0. The summed E-state index contributed by atoms with van der Waals surface area (Å²) in [5, 5.41) is 6.05. The Labute approximate surface area is 128 Å². The number of aryl methyl sites for hydroxylation is 1. The molecule has 2 rings (SSSR count). The highest BCUT2D eigenvalue weighted by Crippen LogP contribution is 2.09. The van der Waals surface area contributed by atoms with Crippen LogP contribution in [0, 0.1) is 10.5 Å². The second-order valence-electron chi connectivity index (χ2n) is 3.96. The van der Waals surface area contributed by atoms with Crippen molar-refractivity contribution in [1.29, 1.82) is 0 Å². The van der Waals surface area contributed by atoms with Gasteiger partial charge < -0.3 is 9.26 Å². The Kier molecular flexibility index (Phi) is 4.72. The fraction of sp³-hybridized carbons (Fsp3) is 0.154. The molecule has 0 spiro atoms. The summed E-state index contributed by atoms with van der Waals surface area (Å²) in [7, 11) is 0. The van der Waals surface area contributed by atoms with Crippen LogP contribution >= 0.6 is 22.6 Å². The zero-order chi connectivity index (χ0) is 14.5. The van der Waals surface area contributed by atoms with E-state index in [1.54, 1.807) is 37.3 Å². The highest BCUT2D eigenvalue weighted by molar-refractivity contribution is 14.1. The van der Waals surface area contributed by atoms with Gasteiger partial charge in [0.05, 0.1) is 11.3 Å². The highest BCUT2D eigenvalue weighted by Gasteiger charge is 2.11. The molecule has 0 aliphatic heterocycles. The van der Waals surface area contributed by atoms with Gasteiger partial charge in [0.15, 0.2) is 6.61 Å². The molecule has 1 aromatic carbocycles. The predicted octanol–water partition coefficient (Wildman–Crippen LogP) is 2.38. The lowest BCUT2D eigenvalue weighted by Crippen LogP contribution is -2.20. The zero-order valence-corrected chi connectivity index (χ0v) is 12.7. The van der Waals surface area contributed by atoms with E-state index in [1.807, 2.05) is 0 Å². The van der Waals surface area contributed by atoms with Crippen LogP contribution in [0.5, 0.6) is 0 Å². The van der Waals surface area contributed by atoms with Crippen molar-refractivity contribution in [1.82, 2.24) is 5.16 Å². The molecule has 0 fully saturated rings. The average molecular weight is 386 g/mol. The van der Waals surface area contributed by atoms with Crippen molar-refractivity contribution < 1.29 is 18.8 Å². The van der Waals surface area contributed by atoms with Crippen molar-refractivity contribution in [2.75, 3.05) is 11.9 Å². The van der Waals surface area contributed by atoms with Crippen LogP contribution in [0.4, 0.5) is 5.88 Å². The second-order valence-corrected chi connectivity index (χ2v) is 5.21. The lowest BCUT2D eigenvalue weighted by atomic mass is 10.2. The van der Waals surface area contributed by atoms with Gasteiger partial charge in [0.2, 0.25) is 5.88 Å². The van der Waals surface area contributed by atoms with Crippen molar-refractivity contribution >= 4 is 40.4 Å². The minimum Gasteiger partial charge on any atom is -0.452 e. The lowest BCUT2D eigenvalue weighted by Gasteiger charge is -2.04. The Bertz CT molecular complexity index is 622. The third-order valence-corrected chi connectivity index (χ3v) is 3.02. The third kappa shape index (κ3) is 4.05. The minimum absolute atomic E-state index is 0.220. The normalized spacial score (nSPS) is 10.1. The summed E-state index contributed by atoms with van der Waals surface area (Å²) in [6, 6.07) is 8.42. The van der Waals surface area contributed by atoms with Crippen LogP contribution < -0.4 is 5.32 Å². The molecule has 0 aliphatic carbocycles. The lowest BCUT2D eigenvalue weighted by molar-refractivity contribution is -0.119. The van der Waals surface area contributed by atoms with Crippen molar-refractivity contribution in [2.45, 2.75) is 6.92 Å². The van der Waals surface area contributed by atoms with Crippen molar-refractivity contribution in [3.63, 3.8) is 0 Å². The van der Waals surface area contributed by atoms with Crippen LogP contribution in [0.25, 0.3) is 0 Å². The SMILES string of the molecule is Cc1cc(NC(=O)COC(=O)c2ccc(I)cc2)on1. The largest absolute Gasteiger partial charge is 0.452 e. The molecule has 2 aromatic rings. The van der Waals surface area contributed by atoms with Crippen LogP contribution in [0.2, 0.25) is 0 Å². The first-order valence-corrected chi connectivity index (χ1v) is 6.78. The van der Waals surface area contributed by atoms with Gasteiger partial charge in [0.25, 0.3) is 5.91 Å². The maximum atomic E-state index is 11.7. The molecule has 1 aromatic heterocycles. The second kappa shape index (κ2) is 6.51. The number of rotatable bonds is 4. The van der Waals surface area contributed by atoms with Gasteiger partial charge in [-0.3, -0.25) is 10.1 Å². The van der Waals surface area contributed by atoms with Crippen LogP contribution in [-0.2, 0) is 9.53 Å². The molecule has 0 atom stereocenters. The number of carbonyl (C=O) groups excluding carboxylic acids is 2. The van der Waals surface area contributed by atoms with Crippen LogP contribution in [0.15, 0.2) is 34.9 Å². The topological polar surface area (TPSA) is 81.4 Å². The smallest absolute Gasteiger partial charge is 0.338 e. The Balaban J connectivity index is 1.84. The van der Waals surface area contributed by atoms with E-state index < -0.39 is 11.9 Å². The summed E-state index contributed by atoms with van der Waals surface area (Å²) in [4.78, 5) is 23.2. The molecular weight excluding hydrogens is 375 g/mol. The van der Waals surface area contributed by atoms with Crippen molar-refractivity contribution in [3.8, 4) is 0 Å². The Hall–Kier alpha value is -1.90. The summed E-state index contributed by atoms with van der Waals surface area (Å²) in [5.74, 6) is -0.817. The molecule has 0 saturated heterocycles. The van der Waals surface area contributed by atoms with Gasteiger partial charge in [-0.2, -0.15) is 0 Å². The van der Waals surface area contributed by atoms with Crippen LogP contribution in [0.1, 0.15) is 16.1 Å². The zero-order valence-electron chi connectivity index (χ0n) is 10.6. The molecule has 1 N–H and O–H groups in total. The molecule has 7 heteroatoms. The number of nitrogens with zero attached hydrogens (tertiary/aromatic N) is 1. The highest BCUT2D eigenvalue weighted by atomic mass is 127. The number of nitrogens with one attached hydrogen (secondary N) is 1. The maximum Gasteiger partial charge on any atom is 0.338 e. The molecule has 1 amide bonds. The summed E-state index contributed by atoms with van der Waals surface area (Å²) >= 11 is 2.13. The van der Waals surface area contributed by atoms with E-state index in [1.165, 1.54) is 0 Å². The van der Waals surface area contributed by atoms with E-state index in [0.29, 0.717) is 11.3 Å². The van der Waals surface area contributed by atoms with Crippen LogP contribution in [0.3, 0.4) is 0 Å². The average Bonchev–Trinajstić information content (AvgIpc) is 2.82. The van der Waals surface area contributed by atoms with Crippen molar-refractivity contribution in [2.24, 2.45) is 0 Å². The number of aromatic nitrogens is 1. The van der Waals surface area contributed by atoms with Gasteiger partial charge in [0, 0.05) is 9.64 Å². The summed E-state index contributed by atoms with van der Waals surface area (Å²) < 4.78 is 10.7. The Morgan fingerprint density at radius 1 is 1.35 bits per heavy atom. The van der Waals surface area contributed by atoms with Gasteiger partial charge >= 0.3 is 5.97 Å². The molecule has 20 heavy (non-hydrogen) atoms. The van der Waals surface area contributed by atoms with E-state index in [4.69, 9.17) is 9.26 Å². The van der Waals surface area contributed by atoms with Gasteiger partial charge in [-0.15, -0.1) is 0 Å². The first-order chi connectivity index (χ1) is 9.54. The third-order valence-electron chi connectivity index (χ3n) is 2.30. The molecule has 0 bridgehead atoms. The molecule has 1 heterocycles. The Morgan fingerprint density at radius 3 is 2.65 bits per heavy atom. The first-order valence-electron chi connectivity index (χ1n) is 5.70. The van der Waals surface area contributed by atoms with Gasteiger partial charge in [-0.1, -0.05) is 5.16 Å². The number of halogens is 1. The quantitative estimate of drug-likeness (QED) is 0.645. The van der Waals surface area contributed by atoms with Crippen molar-refractivity contribution in [3.05, 3.63) is 45.2 Å². The molecule has 0 saturated carbocycles. The predicted molar refractivity (Wildman–Crippen MR) is 79.3 cm³/mol. The van der Waals surface area contributed by atoms with E-state index in [2.05, 4.69) is 33.1 Å². The van der Waals surface area contributed by atoms with Crippen LogP contribution in [-0.4, -0.2) is 23.6 Å². The number of carbonyl (C=O) groups is 2.